The maximum absolute atomic E-state index is 10.0. The van der Waals surface area contributed by atoms with Gasteiger partial charge in [0, 0.05) is 6.07 Å². The maximum Gasteiger partial charge on any atom is 0.211 e. The lowest BCUT2D eigenvalue weighted by Gasteiger charge is -2.03. The Bertz CT molecular complexity index is 315. The zero-order valence-electron chi connectivity index (χ0n) is 5.84. The van der Waals surface area contributed by atoms with Crippen LogP contribution in [-0.4, -0.2) is 11.5 Å². The molecule has 0 aliphatic rings. The highest BCUT2D eigenvalue weighted by Crippen LogP contribution is 2.32. The molecule has 0 bridgehead atoms. The molecule has 0 radical (unpaired) electrons. The Hall–Kier alpha value is -0.930. The van der Waals surface area contributed by atoms with Crippen molar-refractivity contribution in [3.63, 3.8) is 0 Å². The SMILES string of the molecule is O=CNc1cc(O)c(Cl)cc1Cl. The molecule has 0 saturated heterocycles. The molecule has 0 aliphatic heterocycles. The van der Waals surface area contributed by atoms with Crippen molar-refractivity contribution in [1.82, 2.24) is 0 Å². The van der Waals surface area contributed by atoms with Crippen molar-refractivity contribution in [1.29, 1.82) is 0 Å². The standard InChI is InChI=1S/C7H5Cl2NO2/c8-4-1-5(9)7(12)2-6(4)10-3-11/h1-3,12H,(H,10,11). The van der Waals surface area contributed by atoms with E-state index in [9.17, 15) is 4.79 Å². The van der Waals surface area contributed by atoms with Gasteiger partial charge < -0.3 is 10.4 Å². The smallest absolute Gasteiger partial charge is 0.211 e. The zero-order chi connectivity index (χ0) is 9.14. The lowest BCUT2D eigenvalue weighted by molar-refractivity contribution is -0.105. The third-order valence-electron chi connectivity index (χ3n) is 1.25. The number of hydrogen-bond donors (Lipinski definition) is 2. The quantitative estimate of drug-likeness (QED) is 0.729. The second kappa shape index (κ2) is 3.65. The van der Waals surface area contributed by atoms with E-state index in [1.807, 2.05) is 0 Å². The highest BCUT2D eigenvalue weighted by Gasteiger charge is 2.04. The Morgan fingerprint density at radius 2 is 2.00 bits per heavy atom. The van der Waals surface area contributed by atoms with Crippen LogP contribution >= 0.6 is 23.2 Å². The fraction of sp³-hybridized carbons (Fsp3) is 0. The summed E-state index contributed by atoms with van der Waals surface area (Å²) in [6.07, 6.45) is 0.467. The third-order valence-corrected chi connectivity index (χ3v) is 1.87. The average molecular weight is 206 g/mol. The van der Waals surface area contributed by atoms with E-state index in [1.54, 1.807) is 0 Å². The predicted octanol–water partition coefficient (Wildman–Crippen LogP) is 2.27. The summed E-state index contributed by atoms with van der Waals surface area (Å²) in [5.41, 5.74) is 0.327. The van der Waals surface area contributed by atoms with E-state index in [2.05, 4.69) is 5.32 Å². The lowest BCUT2D eigenvalue weighted by atomic mass is 10.3. The first-order valence-electron chi connectivity index (χ1n) is 3.03. The molecule has 0 atom stereocenters. The first-order valence-corrected chi connectivity index (χ1v) is 3.79. The number of anilines is 1. The highest BCUT2D eigenvalue weighted by atomic mass is 35.5. The van der Waals surface area contributed by atoms with Gasteiger partial charge in [0.15, 0.2) is 0 Å². The topological polar surface area (TPSA) is 49.3 Å². The normalized spacial score (nSPS) is 9.50. The summed E-state index contributed by atoms with van der Waals surface area (Å²) >= 11 is 11.2. The zero-order valence-corrected chi connectivity index (χ0v) is 7.36. The van der Waals surface area contributed by atoms with Crippen molar-refractivity contribution in [3.05, 3.63) is 22.2 Å². The Labute approximate surface area is 78.9 Å². The number of hydrogen-bond acceptors (Lipinski definition) is 2. The van der Waals surface area contributed by atoms with Crippen LogP contribution in [0.4, 0.5) is 5.69 Å². The van der Waals surface area contributed by atoms with Crippen LogP contribution in [0.25, 0.3) is 0 Å². The number of aromatic hydroxyl groups is 1. The molecule has 64 valence electrons. The molecule has 0 aliphatic carbocycles. The molecule has 3 nitrogen and oxygen atoms in total. The number of carbonyl (C=O) groups excluding carboxylic acids is 1. The molecule has 1 aromatic rings. The molecule has 0 unspecified atom stereocenters. The van der Waals surface area contributed by atoms with E-state index in [1.165, 1.54) is 12.1 Å². The van der Waals surface area contributed by atoms with E-state index < -0.39 is 0 Å². The van der Waals surface area contributed by atoms with Gasteiger partial charge in [-0.15, -0.1) is 0 Å². The van der Waals surface area contributed by atoms with Crippen LogP contribution in [0.2, 0.25) is 10.0 Å². The van der Waals surface area contributed by atoms with E-state index in [4.69, 9.17) is 28.3 Å². The molecule has 0 spiro atoms. The highest BCUT2D eigenvalue weighted by molar-refractivity contribution is 6.37. The van der Waals surface area contributed by atoms with Crippen LogP contribution in [0.5, 0.6) is 5.75 Å². The molecule has 0 aromatic heterocycles. The fourth-order valence-corrected chi connectivity index (χ4v) is 1.15. The molecule has 0 saturated carbocycles. The number of carbonyl (C=O) groups is 1. The third kappa shape index (κ3) is 1.81. The van der Waals surface area contributed by atoms with E-state index in [0.29, 0.717) is 12.1 Å². The van der Waals surface area contributed by atoms with Gasteiger partial charge in [0.1, 0.15) is 5.75 Å². The van der Waals surface area contributed by atoms with Gasteiger partial charge in [0.25, 0.3) is 0 Å². The first-order chi connectivity index (χ1) is 5.65. The number of nitrogens with one attached hydrogen (secondary N) is 1. The molecule has 0 heterocycles. The summed E-state index contributed by atoms with van der Waals surface area (Å²) in [6, 6.07) is 2.63. The van der Waals surface area contributed by atoms with Crippen LogP contribution in [0.15, 0.2) is 12.1 Å². The molecular formula is C7H5Cl2NO2. The Kier molecular flexibility index (Phi) is 2.78. The Morgan fingerprint density at radius 1 is 1.33 bits per heavy atom. The molecule has 1 rings (SSSR count). The van der Waals surface area contributed by atoms with Crippen molar-refractivity contribution < 1.29 is 9.90 Å². The van der Waals surface area contributed by atoms with Gasteiger partial charge in [-0.3, -0.25) is 4.79 Å². The molecule has 5 heteroatoms. The van der Waals surface area contributed by atoms with E-state index >= 15 is 0 Å². The summed E-state index contributed by atoms with van der Waals surface area (Å²) in [7, 11) is 0. The molecule has 0 fully saturated rings. The first kappa shape index (κ1) is 9.16. The monoisotopic (exact) mass is 205 g/mol. The van der Waals surface area contributed by atoms with Gasteiger partial charge in [-0.05, 0) is 6.07 Å². The number of phenolic OH excluding ortho intramolecular Hbond substituents is 1. The number of amides is 1. The average Bonchev–Trinajstić information content (AvgIpc) is 2.01. The minimum atomic E-state index is -0.120. The van der Waals surface area contributed by atoms with Gasteiger partial charge in [-0.2, -0.15) is 0 Å². The molecular weight excluding hydrogens is 201 g/mol. The van der Waals surface area contributed by atoms with E-state index in [-0.39, 0.29) is 15.8 Å². The van der Waals surface area contributed by atoms with Gasteiger partial charge in [-0.1, -0.05) is 23.2 Å². The summed E-state index contributed by atoms with van der Waals surface area (Å²) in [6.45, 7) is 0. The summed E-state index contributed by atoms with van der Waals surface area (Å²) in [5, 5.41) is 11.8. The maximum atomic E-state index is 10.0. The molecule has 1 amide bonds. The predicted molar refractivity (Wildman–Crippen MR) is 47.8 cm³/mol. The number of halogens is 2. The summed E-state index contributed by atoms with van der Waals surface area (Å²) in [4.78, 5) is 10.0. The second-order valence-corrected chi connectivity index (χ2v) is 2.86. The van der Waals surface area contributed by atoms with Crippen molar-refractivity contribution in [2.24, 2.45) is 0 Å². The fourth-order valence-electron chi connectivity index (χ4n) is 0.712. The Balaban J connectivity index is 3.13. The summed E-state index contributed by atoms with van der Waals surface area (Å²) in [5.74, 6) is -0.120. The summed E-state index contributed by atoms with van der Waals surface area (Å²) < 4.78 is 0. The van der Waals surface area contributed by atoms with Crippen LogP contribution in [0.1, 0.15) is 0 Å². The molecule has 2 N–H and O–H groups in total. The molecule has 1 aromatic carbocycles. The van der Waals surface area contributed by atoms with Crippen LogP contribution in [-0.2, 0) is 4.79 Å². The largest absolute Gasteiger partial charge is 0.506 e. The lowest BCUT2D eigenvalue weighted by Crippen LogP contribution is -1.94. The minimum Gasteiger partial charge on any atom is -0.506 e. The van der Waals surface area contributed by atoms with Crippen molar-refractivity contribution in [3.8, 4) is 5.75 Å². The van der Waals surface area contributed by atoms with Gasteiger partial charge in [0.05, 0.1) is 15.7 Å². The van der Waals surface area contributed by atoms with Crippen LogP contribution < -0.4 is 5.32 Å². The van der Waals surface area contributed by atoms with Gasteiger partial charge in [0.2, 0.25) is 6.41 Å². The molecule has 12 heavy (non-hydrogen) atoms. The van der Waals surface area contributed by atoms with Gasteiger partial charge >= 0.3 is 0 Å². The van der Waals surface area contributed by atoms with Crippen molar-refractivity contribution in [2.45, 2.75) is 0 Å². The van der Waals surface area contributed by atoms with Crippen molar-refractivity contribution in [2.75, 3.05) is 5.32 Å². The number of benzene rings is 1. The van der Waals surface area contributed by atoms with Crippen LogP contribution in [0, 0.1) is 0 Å². The minimum absolute atomic E-state index is 0.120. The second-order valence-electron chi connectivity index (χ2n) is 2.05. The Morgan fingerprint density at radius 3 is 2.58 bits per heavy atom. The van der Waals surface area contributed by atoms with Crippen LogP contribution in [0.3, 0.4) is 0 Å². The van der Waals surface area contributed by atoms with E-state index in [0.717, 1.165) is 0 Å². The number of phenols is 1. The van der Waals surface area contributed by atoms with Crippen molar-refractivity contribution >= 4 is 35.3 Å². The number of rotatable bonds is 2. The van der Waals surface area contributed by atoms with Gasteiger partial charge in [-0.25, -0.2) is 0 Å².